The zero-order chi connectivity index (χ0) is 13.9. The molecule has 2 aliphatic rings. The van der Waals surface area contributed by atoms with Crippen LogP contribution >= 0.6 is 11.6 Å². The molecular formula is C16H24ClN3. The van der Waals surface area contributed by atoms with Crippen LogP contribution in [0.25, 0.3) is 0 Å². The second-order valence-corrected chi connectivity index (χ2v) is 6.13. The van der Waals surface area contributed by atoms with Gasteiger partial charge in [0, 0.05) is 39.3 Å². The molecule has 1 aromatic carbocycles. The molecule has 0 amide bonds. The third kappa shape index (κ3) is 2.75. The molecule has 4 heteroatoms. The summed E-state index contributed by atoms with van der Waals surface area (Å²) in [5.74, 6) is 0. The molecule has 3 rings (SSSR count). The zero-order valence-electron chi connectivity index (χ0n) is 12.3. The Morgan fingerprint density at radius 1 is 0.950 bits per heavy atom. The van der Waals surface area contributed by atoms with Gasteiger partial charge in [0.1, 0.15) is 0 Å². The predicted octanol–water partition coefficient (Wildman–Crippen LogP) is 3.08. The first-order chi connectivity index (χ1) is 9.79. The van der Waals surface area contributed by atoms with E-state index in [0.717, 1.165) is 37.7 Å². The summed E-state index contributed by atoms with van der Waals surface area (Å²) in [4.78, 5) is 7.47. The second-order valence-electron chi connectivity index (χ2n) is 5.72. The van der Waals surface area contributed by atoms with E-state index in [2.05, 4.69) is 33.8 Å². The van der Waals surface area contributed by atoms with Crippen molar-refractivity contribution in [2.45, 2.75) is 19.8 Å². The molecule has 0 bridgehead atoms. The van der Waals surface area contributed by atoms with Gasteiger partial charge in [-0.3, -0.25) is 0 Å². The highest BCUT2D eigenvalue weighted by Gasteiger charge is 2.24. The van der Waals surface area contributed by atoms with E-state index in [1.54, 1.807) is 0 Å². The van der Waals surface area contributed by atoms with E-state index in [1.165, 1.54) is 37.3 Å². The topological polar surface area (TPSA) is 9.72 Å². The van der Waals surface area contributed by atoms with E-state index in [0.29, 0.717) is 0 Å². The van der Waals surface area contributed by atoms with Crippen molar-refractivity contribution >= 4 is 23.0 Å². The van der Waals surface area contributed by atoms with Crippen LogP contribution in [0.3, 0.4) is 0 Å². The van der Waals surface area contributed by atoms with E-state index in [4.69, 9.17) is 11.6 Å². The normalized spacial score (nSPS) is 20.7. The lowest BCUT2D eigenvalue weighted by Crippen LogP contribution is -2.46. The molecule has 2 fully saturated rings. The maximum Gasteiger partial charge on any atom is 0.0794 e. The number of halogens is 1. The van der Waals surface area contributed by atoms with E-state index in [-0.39, 0.29) is 0 Å². The van der Waals surface area contributed by atoms with Gasteiger partial charge in [-0.1, -0.05) is 24.6 Å². The van der Waals surface area contributed by atoms with Crippen molar-refractivity contribution < 1.29 is 0 Å². The average molecular weight is 294 g/mol. The van der Waals surface area contributed by atoms with Crippen LogP contribution in [0.5, 0.6) is 0 Å². The van der Waals surface area contributed by atoms with Gasteiger partial charge in [-0.25, -0.2) is 0 Å². The van der Waals surface area contributed by atoms with E-state index < -0.39 is 0 Å². The highest BCUT2D eigenvalue weighted by Crippen LogP contribution is 2.38. The Kier molecular flexibility index (Phi) is 4.37. The minimum Gasteiger partial charge on any atom is -0.370 e. The number of hydrogen-bond donors (Lipinski definition) is 0. The van der Waals surface area contributed by atoms with Gasteiger partial charge >= 0.3 is 0 Å². The van der Waals surface area contributed by atoms with Gasteiger partial charge in [0.05, 0.1) is 16.4 Å². The molecular weight excluding hydrogens is 270 g/mol. The molecule has 0 spiro atoms. The summed E-state index contributed by atoms with van der Waals surface area (Å²) in [7, 11) is 0. The second kappa shape index (κ2) is 6.23. The van der Waals surface area contributed by atoms with Crippen molar-refractivity contribution in [3.63, 3.8) is 0 Å². The molecule has 0 N–H and O–H groups in total. The molecule has 0 aromatic heterocycles. The molecule has 0 saturated carbocycles. The molecule has 3 nitrogen and oxygen atoms in total. The lowest BCUT2D eigenvalue weighted by Gasteiger charge is -2.38. The molecule has 0 atom stereocenters. The lowest BCUT2D eigenvalue weighted by molar-refractivity contribution is 0.271. The number of para-hydroxylation sites is 1. The summed E-state index contributed by atoms with van der Waals surface area (Å²) < 4.78 is 0. The summed E-state index contributed by atoms with van der Waals surface area (Å²) in [5, 5.41) is 0.902. The van der Waals surface area contributed by atoms with Gasteiger partial charge in [0.25, 0.3) is 0 Å². The van der Waals surface area contributed by atoms with E-state index >= 15 is 0 Å². The van der Waals surface area contributed by atoms with Gasteiger partial charge in [-0.15, -0.1) is 0 Å². The average Bonchev–Trinajstić information content (AvgIpc) is 3.01. The quantitative estimate of drug-likeness (QED) is 0.848. The van der Waals surface area contributed by atoms with Crippen LogP contribution in [0.4, 0.5) is 11.4 Å². The summed E-state index contributed by atoms with van der Waals surface area (Å²) in [6.45, 7) is 10.2. The molecule has 0 aliphatic carbocycles. The molecule has 1 aromatic rings. The third-order valence-electron chi connectivity index (χ3n) is 4.55. The molecule has 20 heavy (non-hydrogen) atoms. The summed E-state index contributed by atoms with van der Waals surface area (Å²) in [5.41, 5.74) is 2.59. The van der Waals surface area contributed by atoms with Gasteiger partial charge in [-0.05, 0) is 31.5 Å². The maximum absolute atomic E-state index is 6.53. The van der Waals surface area contributed by atoms with Gasteiger partial charge < -0.3 is 14.7 Å². The lowest BCUT2D eigenvalue weighted by atomic mass is 10.2. The molecule has 2 aliphatic heterocycles. The number of benzene rings is 1. The third-order valence-corrected chi connectivity index (χ3v) is 4.85. The number of likely N-dealkylation sites (N-methyl/N-ethyl adjacent to an activating group) is 1. The Balaban J connectivity index is 1.84. The van der Waals surface area contributed by atoms with E-state index in [9.17, 15) is 0 Å². The Bertz CT molecular complexity index is 449. The van der Waals surface area contributed by atoms with Gasteiger partial charge in [0.2, 0.25) is 0 Å². The van der Waals surface area contributed by atoms with E-state index in [1.807, 2.05) is 6.07 Å². The van der Waals surface area contributed by atoms with Crippen molar-refractivity contribution in [3.05, 3.63) is 23.2 Å². The van der Waals surface area contributed by atoms with Crippen LogP contribution in [-0.4, -0.2) is 50.7 Å². The first kappa shape index (κ1) is 14.0. The zero-order valence-corrected chi connectivity index (χ0v) is 13.1. The Morgan fingerprint density at radius 2 is 1.65 bits per heavy atom. The van der Waals surface area contributed by atoms with Gasteiger partial charge in [-0.2, -0.15) is 0 Å². The Hall–Kier alpha value is -0.930. The Labute approximate surface area is 127 Å². The van der Waals surface area contributed by atoms with Crippen molar-refractivity contribution in [1.29, 1.82) is 0 Å². The summed E-state index contributed by atoms with van der Waals surface area (Å²) in [6.07, 6.45) is 2.60. The fourth-order valence-electron chi connectivity index (χ4n) is 3.32. The van der Waals surface area contributed by atoms with Gasteiger partial charge in [0.15, 0.2) is 0 Å². The molecule has 2 heterocycles. The van der Waals surface area contributed by atoms with Crippen molar-refractivity contribution in [3.8, 4) is 0 Å². The van der Waals surface area contributed by atoms with Crippen LogP contribution in [0.2, 0.25) is 5.02 Å². The Morgan fingerprint density at radius 3 is 2.30 bits per heavy atom. The minimum absolute atomic E-state index is 0.902. The summed E-state index contributed by atoms with van der Waals surface area (Å²) >= 11 is 6.53. The SMILES string of the molecule is CCN1CCN(c2c(Cl)cccc2N2CCCC2)CC1. The number of rotatable bonds is 3. The smallest absolute Gasteiger partial charge is 0.0794 e. The highest BCUT2D eigenvalue weighted by molar-refractivity contribution is 6.34. The predicted molar refractivity (Wildman–Crippen MR) is 87.2 cm³/mol. The first-order valence-electron chi connectivity index (χ1n) is 7.80. The van der Waals surface area contributed by atoms with Crippen LogP contribution in [0.15, 0.2) is 18.2 Å². The van der Waals surface area contributed by atoms with Crippen LogP contribution in [0.1, 0.15) is 19.8 Å². The fourth-order valence-corrected chi connectivity index (χ4v) is 3.61. The number of anilines is 2. The maximum atomic E-state index is 6.53. The first-order valence-corrected chi connectivity index (χ1v) is 8.18. The number of hydrogen-bond acceptors (Lipinski definition) is 3. The van der Waals surface area contributed by atoms with Crippen LogP contribution < -0.4 is 9.80 Å². The molecule has 0 unspecified atom stereocenters. The molecule has 110 valence electrons. The summed E-state index contributed by atoms with van der Waals surface area (Å²) in [6, 6.07) is 6.35. The van der Waals surface area contributed by atoms with Crippen LogP contribution in [0, 0.1) is 0 Å². The van der Waals surface area contributed by atoms with Crippen molar-refractivity contribution in [2.75, 3.05) is 55.6 Å². The minimum atomic E-state index is 0.902. The molecule has 0 radical (unpaired) electrons. The van der Waals surface area contributed by atoms with Crippen molar-refractivity contribution in [1.82, 2.24) is 4.90 Å². The fraction of sp³-hybridized carbons (Fsp3) is 0.625. The number of nitrogens with zero attached hydrogens (tertiary/aromatic N) is 3. The van der Waals surface area contributed by atoms with Crippen molar-refractivity contribution in [2.24, 2.45) is 0 Å². The monoisotopic (exact) mass is 293 g/mol. The standard InChI is InChI=1S/C16H24ClN3/c1-2-18-10-12-20(13-11-18)16-14(17)6-5-7-15(16)19-8-3-4-9-19/h5-7H,2-4,8-13H2,1H3. The molecule has 2 saturated heterocycles. The highest BCUT2D eigenvalue weighted by atomic mass is 35.5. The number of piperazine rings is 1. The largest absolute Gasteiger partial charge is 0.370 e. The van der Waals surface area contributed by atoms with Crippen LogP contribution in [-0.2, 0) is 0 Å².